The van der Waals surface area contributed by atoms with Crippen molar-refractivity contribution in [3.8, 4) is 5.69 Å². The normalized spacial score (nSPS) is 18.0. The predicted molar refractivity (Wildman–Crippen MR) is 76.8 cm³/mol. The highest BCUT2D eigenvalue weighted by molar-refractivity contribution is 5.92. The zero-order chi connectivity index (χ0) is 16.4. The largest absolute Gasteiger partial charge is 0.479 e. The van der Waals surface area contributed by atoms with E-state index in [4.69, 9.17) is 9.84 Å². The maximum Gasteiger partial charge on any atom is 0.334 e. The molecule has 0 unspecified atom stereocenters. The number of aromatic nitrogens is 2. The average Bonchev–Trinajstić information content (AvgIpc) is 3.05. The van der Waals surface area contributed by atoms with Crippen LogP contribution < -0.4 is 0 Å². The molecule has 1 aliphatic heterocycles. The Bertz CT molecular complexity index is 729. The van der Waals surface area contributed by atoms with Gasteiger partial charge in [-0.05, 0) is 30.3 Å². The first-order chi connectivity index (χ1) is 11.0. The van der Waals surface area contributed by atoms with Crippen LogP contribution in [0, 0.1) is 5.82 Å². The van der Waals surface area contributed by atoms with Gasteiger partial charge in [-0.25, -0.2) is 13.9 Å². The zero-order valence-electron chi connectivity index (χ0n) is 12.1. The lowest BCUT2D eigenvalue weighted by Crippen LogP contribution is -2.48. The highest BCUT2D eigenvalue weighted by Crippen LogP contribution is 2.12. The lowest BCUT2D eigenvalue weighted by atomic mass is 10.2. The molecule has 7 nitrogen and oxygen atoms in total. The second-order valence-electron chi connectivity index (χ2n) is 5.07. The summed E-state index contributed by atoms with van der Waals surface area (Å²) in [5.74, 6) is -1.81. The first kappa shape index (κ1) is 15.2. The summed E-state index contributed by atoms with van der Waals surface area (Å²) >= 11 is 0. The van der Waals surface area contributed by atoms with Gasteiger partial charge in [-0.1, -0.05) is 0 Å². The Morgan fingerprint density at radius 2 is 2.00 bits per heavy atom. The highest BCUT2D eigenvalue weighted by Gasteiger charge is 2.30. The van der Waals surface area contributed by atoms with Gasteiger partial charge in [0.05, 0.1) is 18.8 Å². The zero-order valence-corrected chi connectivity index (χ0v) is 12.1. The fourth-order valence-corrected chi connectivity index (χ4v) is 2.32. The molecule has 0 spiro atoms. The highest BCUT2D eigenvalue weighted by atomic mass is 19.1. The van der Waals surface area contributed by atoms with Crippen molar-refractivity contribution in [2.24, 2.45) is 0 Å². The number of rotatable bonds is 3. The van der Waals surface area contributed by atoms with Crippen LogP contribution in [0.4, 0.5) is 4.39 Å². The standard InChI is InChI=1S/C15H14FN3O4/c16-10-1-3-11(4-2-10)19-6-5-12(17-19)14(20)18-7-8-23-13(9-18)15(21)22/h1-6,13H,7-9H2,(H,21,22)/t13-/m0/s1. The van der Waals surface area contributed by atoms with E-state index in [1.165, 1.54) is 27.8 Å². The van der Waals surface area contributed by atoms with Crippen LogP contribution in [0.5, 0.6) is 0 Å². The Balaban J connectivity index is 1.75. The number of halogens is 1. The van der Waals surface area contributed by atoms with Crippen molar-refractivity contribution in [1.29, 1.82) is 0 Å². The number of ether oxygens (including phenoxy) is 1. The number of nitrogens with zero attached hydrogens (tertiary/aromatic N) is 3. The van der Waals surface area contributed by atoms with Gasteiger partial charge in [0.1, 0.15) is 5.82 Å². The van der Waals surface area contributed by atoms with Gasteiger partial charge in [-0.3, -0.25) is 4.79 Å². The van der Waals surface area contributed by atoms with E-state index in [0.717, 1.165) is 0 Å². The monoisotopic (exact) mass is 319 g/mol. The molecule has 1 aromatic carbocycles. The van der Waals surface area contributed by atoms with Gasteiger partial charge in [0.15, 0.2) is 11.8 Å². The molecule has 2 heterocycles. The van der Waals surface area contributed by atoms with E-state index in [-0.39, 0.29) is 30.6 Å². The average molecular weight is 319 g/mol. The third-order valence-electron chi connectivity index (χ3n) is 3.53. The van der Waals surface area contributed by atoms with E-state index in [2.05, 4.69) is 5.10 Å². The van der Waals surface area contributed by atoms with Crippen LogP contribution >= 0.6 is 0 Å². The van der Waals surface area contributed by atoms with Gasteiger partial charge in [0.25, 0.3) is 5.91 Å². The molecule has 2 aromatic rings. The second-order valence-corrected chi connectivity index (χ2v) is 5.07. The Kier molecular flexibility index (Phi) is 4.07. The van der Waals surface area contributed by atoms with E-state index < -0.39 is 12.1 Å². The molecule has 1 amide bonds. The summed E-state index contributed by atoms with van der Waals surface area (Å²) in [6.45, 7) is 0.463. The SMILES string of the molecule is O=C(O)[C@@H]1CN(C(=O)c2ccn(-c3ccc(F)cc3)n2)CCO1. The maximum atomic E-state index is 12.9. The summed E-state index contributed by atoms with van der Waals surface area (Å²) in [7, 11) is 0. The molecular weight excluding hydrogens is 305 g/mol. The minimum atomic E-state index is -1.10. The fourth-order valence-electron chi connectivity index (χ4n) is 2.32. The fraction of sp³-hybridized carbons (Fsp3) is 0.267. The van der Waals surface area contributed by atoms with Crippen LogP contribution in [0.3, 0.4) is 0 Å². The van der Waals surface area contributed by atoms with E-state index in [1.807, 2.05) is 0 Å². The summed E-state index contributed by atoms with van der Waals surface area (Å²) in [5.41, 5.74) is 0.816. The maximum absolute atomic E-state index is 12.9. The molecule has 1 atom stereocenters. The number of hydrogen-bond acceptors (Lipinski definition) is 4. The van der Waals surface area contributed by atoms with Crippen LogP contribution in [0.25, 0.3) is 5.69 Å². The first-order valence-electron chi connectivity index (χ1n) is 7.00. The van der Waals surface area contributed by atoms with Crippen molar-refractivity contribution in [3.05, 3.63) is 48.0 Å². The van der Waals surface area contributed by atoms with E-state index in [1.54, 1.807) is 18.3 Å². The van der Waals surface area contributed by atoms with Crippen molar-refractivity contribution in [3.63, 3.8) is 0 Å². The molecule has 23 heavy (non-hydrogen) atoms. The molecule has 0 aliphatic carbocycles. The van der Waals surface area contributed by atoms with Crippen molar-refractivity contribution in [2.45, 2.75) is 6.10 Å². The molecule has 8 heteroatoms. The van der Waals surface area contributed by atoms with Gasteiger partial charge in [-0.2, -0.15) is 5.10 Å². The van der Waals surface area contributed by atoms with Gasteiger partial charge < -0.3 is 14.7 Å². The summed E-state index contributed by atoms with van der Waals surface area (Å²) in [5, 5.41) is 13.1. The molecule has 3 rings (SSSR count). The van der Waals surface area contributed by atoms with Crippen LogP contribution in [0.2, 0.25) is 0 Å². The smallest absolute Gasteiger partial charge is 0.334 e. The molecule has 120 valence electrons. The van der Waals surface area contributed by atoms with Crippen LogP contribution in [-0.2, 0) is 9.53 Å². The minimum Gasteiger partial charge on any atom is -0.479 e. The lowest BCUT2D eigenvalue weighted by molar-refractivity contribution is -0.154. The molecule has 1 fully saturated rings. The second kappa shape index (κ2) is 6.17. The van der Waals surface area contributed by atoms with Crippen molar-refractivity contribution >= 4 is 11.9 Å². The predicted octanol–water partition coefficient (Wildman–Crippen LogP) is 0.937. The van der Waals surface area contributed by atoms with Gasteiger partial charge in [-0.15, -0.1) is 0 Å². The van der Waals surface area contributed by atoms with Crippen LogP contribution in [0.15, 0.2) is 36.5 Å². The van der Waals surface area contributed by atoms with E-state index in [9.17, 15) is 14.0 Å². The molecule has 1 saturated heterocycles. The van der Waals surface area contributed by atoms with Gasteiger partial charge >= 0.3 is 5.97 Å². The van der Waals surface area contributed by atoms with Crippen molar-refractivity contribution in [2.75, 3.05) is 19.7 Å². The number of aliphatic carboxylic acids is 1. The number of benzene rings is 1. The molecule has 1 aliphatic rings. The summed E-state index contributed by atoms with van der Waals surface area (Å²) in [6, 6.07) is 7.24. The molecular formula is C15H14FN3O4. The Hall–Kier alpha value is -2.74. The topological polar surface area (TPSA) is 84.7 Å². The van der Waals surface area contributed by atoms with E-state index >= 15 is 0 Å². The first-order valence-corrected chi connectivity index (χ1v) is 7.00. The lowest BCUT2D eigenvalue weighted by Gasteiger charge is -2.30. The third kappa shape index (κ3) is 3.21. The number of hydrogen-bond donors (Lipinski definition) is 1. The molecule has 0 bridgehead atoms. The number of carbonyl (C=O) groups is 2. The minimum absolute atomic E-state index is 0.0163. The third-order valence-corrected chi connectivity index (χ3v) is 3.53. The summed E-state index contributed by atoms with van der Waals surface area (Å²) < 4.78 is 19.5. The van der Waals surface area contributed by atoms with Crippen molar-refractivity contribution in [1.82, 2.24) is 14.7 Å². The number of morpholine rings is 1. The summed E-state index contributed by atoms with van der Waals surface area (Å²) in [4.78, 5) is 24.8. The number of carboxylic acids is 1. The van der Waals surface area contributed by atoms with Gasteiger partial charge in [0, 0.05) is 12.7 Å². The van der Waals surface area contributed by atoms with Crippen LogP contribution in [-0.4, -0.2) is 57.5 Å². The molecule has 1 N–H and O–H groups in total. The Labute approximate surface area is 130 Å². The van der Waals surface area contributed by atoms with Gasteiger partial charge in [0.2, 0.25) is 0 Å². The van der Waals surface area contributed by atoms with Crippen LogP contribution in [0.1, 0.15) is 10.5 Å². The van der Waals surface area contributed by atoms with E-state index in [0.29, 0.717) is 12.2 Å². The number of carboxylic acid groups (broad SMARTS) is 1. The summed E-state index contributed by atoms with van der Waals surface area (Å²) in [6.07, 6.45) is 0.571. The molecule has 0 radical (unpaired) electrons. The number of carbonyl (C=O) groups excluding carboxylic acids is 1. The molecule has 0 saturated carbocycles. The molecule has 1 aromatic heterocycles. The van der Waals surface area contributed by atoms with Crippen molar-refractivity contribution < 1.29 is 23.8 Å². The quantitative estimate of drug-likeness (QED) is 0.910. The number of amides is 1. The Morgan fingerprint density at radius 1 is 1.26 bits per heavy atom. The Morgan fingerprint density at radius 3 is 2.70 bits per heavy atom.